The highest BCUT2D eigenvalue weighted by Crippen LogP contribution is 2.24. The summed E-state index contributed by atoms with van der Waals surface area (Å²) in [5.41, 5.74) is 8.46. The third-order valence-corrected chi connectivity index (χ3v) is 6.51. The van der Waals surface area contributed by atoms with Crippen molar-refractivity contribution in [3.8, 4) is 0 Å². The van der Waals surface area contributed by atoms with Gasteiger partial charge in [-0.15, -0.1) is 6.58 Å². The van der Waals surface area contributed by atoms with E-state index < -0.39 is 0 Å². The molecule has 3 aromatic rings. The number of amides is 1. The van der Waals surface area contributed by atoms with Crippen molar-refractivity contribution < 1.29 is 9.18 Å². The topological polar surface area (TPSA) is 82.2 Å². The van der Waals surface area contributed by atoms with Crippen LogP contribution >= 0.6 is 12.2 Å². The third-order valence-electron chi connectivity index (χ3n) is 6.19. The Bertz CT molecular complexity index is 1320. The summed E-state index contributed by atoms with van der Waals surface area (Å²) in [4.78, 5) is 30.3. The SMILES string of the molecule is C=CCn1c(=S)[nH]c2cc(C(=O)N(C)CCCC3CC(c4ccc(F)cc4)NN3)ccc2c1=O. The molecule has 1 fully saturated rings. The number of rotatable bonds is 8. The van der Waals surface area contributed by atoms with Crippen LogP contribution in [0.4, 0.5) is 4.39 Å². The molecule has 0 saturated carbocycles. The van der Waals surface area contributed by atoms with Crippen molar-refractivity contribution in [1.29, 1.82) is 0 Å². The molecule has 0 spiro atoms. The molecular formula is C25H28FN5O2S. The van der Waals surface area contributed by atoms with Crippen LogP contribution in [0.2, 0.25) is 0 Å². The van der Waals surface area contributed by atoms with E-state index in [1.165, 1.54) is 16.7 Å². The van der Waals surface area contributed by atoms with Crippen LogP contribution in [0.15, 0.2) is 59.9 Å². The number of nitrogens with zero attached hydrogens (tertiary/aromatic N) is 2. The molecule has 1 aromatic heterocycles. The van der Waals surface area contributed by atoms with Crippen LogP contribution in [-0.2, 0) is 6.54 Å². The van der Waals surface area contributed by atoms with Crippen LogP contribution in [0, 0.1) is 10.6 Å². The Morgan fingerprint density at radius 2 is 2.03 bits per heavy atom. The summed E-state index contributed by atoms with van der Waals surface area (Å²) in [5, 5.41) is 0.477. The maximum absolute atomic E-state index is 13.1. The second-order valence-electron chi connectivity index (χ2n) is 8.59. The van der Waals surface area contributed by atoms with Gasteiger partial charge in [0, 0.05) is 37.8 Å². The first kappa shape index (κ1) is 24.0. The van der Waals surface area contributed by atoms with Crippen molar-refractivity contribution in [2.45, 2.75) is 37.9 Å². The van der Waals surface area contributed by atoms with Crippen LogP contribution in [0.1, 0.15) is 41.2 Å². The molecule has 0 bridgehead atoms. The Hall–Kier alpha value is -3.14. The average molecular weight is 482 g/mol. The number of carbonyl (C=O) groups is 1. The fourth-order valence-corrected chi connectivity index (χ4v) is 4.57. The number of hydrogen-bond donors (Lipinski definition) is 3. The molecule has 2 unspecified atom stereocenters. The lowest BCUT2D eigenvalue weighted by Gasteiger charge is -2.18. The molecule has 0 aliphatic carbocycles. The number of aromatic nitrogens is 2. The number of benzene rings is 2. The molecule has 2 atom stereocenters. The van der Waals surface area contributed by atoms with E-state index >= 15 is 0 Å². The number of halogens is 1. The molecule has 178 valence electrons. The predicted molar refractivity (Wildman–Crippen MR) is 134 cm³/mol. The normalized spacial score (nSPS) is 17.7. The number of allylic oxidation sites excluding steroid dienone is 1. The third kappa shape index (κ3) is 5.16. The Kier molecular flexibility index (Phi) is 7.35. The van der Waals surface area contributed by atoms with E-state index in [2.05, 4.69) is 22.4 Å². The lowest BCUT2D eigenvalue weighted by molar-refractivity contribution is 0.0792. The number of H-pyrrole nitrogens is 1. The lowest BCUT2D eigenvalue weighted by Crippen LogP contribution is -2.32. The van der Waals surface area contributed by atoms with Gasteiger partial charge in [-0.1, -0.05) is 18.2 Å². The van der Waals surface area contributed by atoms with Crippen molar-refractivity contribution in [3.05, 3.63) is 87.2 Å². The smallest absolute Gasteiger partial charge is 0.262 e. The first-order valence-electron chi connectivity index (χ1n) is 11.3. The van der Waals surface area contributed by atoms with E-state index in [0.29, 0.717) is 34.3 Å². The van der Waals surface area contributed by atoms with Gasteiger partial charge in [-0.05, 0) is 67.4 Å². The van der Waals surface area contributed by atoms with Crippen molar-refractivity contribution in [1.82, 2.24) is 25.3 Å². The van der Waals surface area contributed by atoms with Crippen LogP contribution in [0.25, 0.3) is 10.9 Å². The molecule has 34 heavy (non-hydrogen) atoms. The number of hydrazine groups is 1. The molecule has 9 heteroatoms. The van der Waals surface area contributed by atoms with E-state index in [9.17, 15) is 14.0 Å². The zero-order valence-electron chi connectivity index (χ0n) is 19.0. The summed E-state index contributed by atoms with van der Waals surface area (Å²) < 4.78 is 14.9. The van der Waals surface area contributed by atoms with Crippen LogP contribution in [0.3, 0.4) is 0 Å². The largest absolute Gasteiger partial charge is 0.342 e. The Labute approximate surface area is 202 Å². The van der Waals surface area contributed by atoms with Gasteiger partial charge in [0.15, 0.2) is 4.77 Å². The minimum absolute atomic E-state index is 0.113. The van der Waals surface area contributed by atoms with E-state index in [-0.39, 0.29) is 29.4 Å². The molecule has 2 heterocycles. The highest BCUT2D eigenvalue weighted by molar-refractivity contribution is 7.71. The van der Waals surface area contributed by atoms with Gasteiger partial charge in [0.25, 0.3) is 11.5 Å². The van der Waals surface area contributed by atoms with Gasteiger partial charge in [0.05, 0.1) is 10.9 Å². The lowest BCUT2D eigenvalue weighted by atomic mass is 9.99. The summed E-state index contributed by atoms with van der Waals surface area (Å²) in [7, 11) is 1.78. The maximum atomic E-state index is 13.1. The van der Waals surface area contributed by atoms with E-state index in [1.807, 2.05) is 0 Å². The number of carbonyl (C=O) groups excluding carboxylic acids is 1. The Morgan fingerprint density at radius 1 is 1.26 bits per heavy atom. The summed E-state index contributed by atoms with van der Waals surface area (Å²) in [5.74, 6) is -0.351. The van der Waals surface area contributed by atoms with Gasteiger partial charge in [-0.3, -0.25) is 25.0 Å². The van der Waals surface area contributed by atoms with Crippen LogP contribution in [0.5, 0.6) is 0 Å². The Balaban J connectivity index is 1.34. The van der Waals surface area contributed by atoms with Gasteiger partial charge >= 0.3 is 0 Å². The predicted octanol–water partition coefficient (Wildman–Crippen LogP) is 3.84. The molecule has 7 nitrogen and oxygen atoms in total. The van der Waals surface area contributed by atoms with Gasteiger partial charge < -0.3 is 9.88 Å². The van der Waals surface area contributed by atoms with Gasteiger partial charge in [0.1, 0.15) is 5.82 Å². The second-order valence-corrected chi connectivity index (χ2v) is 8.98. The summed E-state index contributed by atoms with van der Waals surface area (Å²) in [6.07, 6.45) is 4.25. The molecule has 1 amide bonds. The molecule has 1 aliphatic heterocycles. The summed E-state index contributed by atoms with van der Waals surface area (Å²) in [6, 6.07) is 12.0. The number of fused-ring (bicyclic) bond motifs is 1. The molecular weight excluding hydrogens is 453 g/mol. The van der Waals surface area contributed by atoms with E-state index in [0.717, 1.165) is 24.8 Å². The number of aromatic amines is 1. The first-order valence-corrected chi connectivity index (χ1v) is 11.7. The summed E-state index contributed by atoms with van der Waals surface area (Å²) >= 11 is 5.28. The second kappa shape index (κ2) is 10.4. The van der Waals surface area contributed by atoms with Crippen molar-refractivity contribution in [2.24, 2.45) is 0 Å². The minimum atomic E-state index is -0.238. The Morgan fingerprint density at radius 3 is 2.76 bits per heavy atom. The quantitative estimate of drug-likeness (QED) is 0.336. The molecule has 1 aliphatic rings. The molecule has 1 saturated heterocycles. The standard InChI is InChI=1S/C25H28FN5O2S/c1-3-12-31-24(33)20-11-8-17(14-22(20)27-25(31)34)23(32)30(2)13-4-5-19-15-21(29-28-19)16-6-9-18(26)10-7-16/h3,6-11,14,19,21,28-29H,1,4-5,12-13,15H2,2H3,(H,27,34). The van der Waals surface area contributed by atoms with Crippen molar-refractivity contribution in [2.75, 3.05) is 13.6 Å². The van der Waals surface area contributed by atoms with E-state index in [1.54, 1.807) is 48.4 Å². The zero-order chi connectivity index (χ0) is 24.2. The van der Waals surface area contributed by atoms with Crippen LogP contribution < -0.4 is 16.4 Å². The van der Waals surface area contributed by atoms with Crippen molar-refractivity contribution >= 4 is 29.0 Å². The maximum Gasteiger partial charge on any atom is 0.262 e. The molecule has 0 radical (unpaired) electrons. The van der Waals surface area contributed by atoms with Crippen LogP contribution in [-0.4, -0.2) is 40.0 Å². The number of nitrogens with one attached hydrogen (secondary N) is 3. The highest BCUT2D eigenvalue weighted by atomic mass is 32.1. The van der Waals surface area contributed by atoms with Gasteiger partial charge in [-0.2, -0.15) is 0 Å². The van der Waals surface area contributed by atoms with Crippen molar-refractivity contribution in [3.63, 3.8) is 0 Å². The first-order chi connectivity index (χ1) is 16.4. The minimum Gasteiger partial charge on any atom is -0.342 e. The molecule has 4 rings (SSSR count). The van der Waals surface area contributed by atoms with E-state index in [4.69, 9.17) is 12.2 Å². The number of hydrogen-bond acceptors (Lipinski definition) is 5. The molecule has 3 N–H and O–H groups in total. The molecule has 2 aromatic carbocycles. The fraction of sp³-hybridized carbons (Fsp3) is 0.320. The monoisotopic (exact) mass is 481 g/mol. The van der Waals surface area contributed by atoms with Gasteiger partial charge in [0.2, 0.25) is 0 Å². The summed E-state index contributed by atoms with van der Waals surface area (Å²) in [6.45, 7) is 4.58. The fourth-order valence-electron chi connectivity index (χ4n) is 4.30. The zero-order valence-corrected chi connectivity index (χ0v) is 19.8. The highest BCUT2D eigenvalue weighted by Gasteiger charge is 2.25. The average Bonchev–Trinajstić information content (AvgIpc) is 3.30. The van der Waals surface area contributed by atoms with Gasteiger partial charge in [-0.25, -0.2) is 4.39 Å².